The number of nitrogen functional groups attached to an aromatic ring is 1. The molecule has 6 heteroatoms. The number of nitrogens with two attached hydrogens (primary N) is 1. The van der Waals surface area contributed by atoms with Gasteiger partial charge in [-0.25, -0.2) is 5.84 Å². The van der Waals surface area contributed by atoms with E-state index in [1.54, 1.807) is 12.3 Å². The Morgan fingerprint density at radius 1 is 1.37 bits per heavy atom. The average Bonchev–Trinajstić information content (AvgIpc) is 2.93. The summed E-state index contributed by atoms with van der Waals surface area (Å²) in [5.74, 6) is 4.79. The molecule has 0 saturated heterocycles. The van der Waals surface area contributed by atoms with Crippen LogP contribution < -0.4 is 11.3 Å². The molecular formula is C13H15N3O2S. The molecule has 0 saturated carbocycles. The van der Waals surface area contributed by atoms with E-state index in [0.29, 0.717) is 18.1 Å². The molecule has 0 unspecified atom stereocenters. The second kappa shape index (κ2) is 6.98. The number of thiophene rings is 1. The van der Waals surface area contributed by atoms with Crippen LogP contribution in [0.5, 0.6) is 0 Å². The Hall–Kier alpha value is -1.76. The fraction of sp³-hybridized carbons (Fsp3) is 0.231. The number of nitrogens with one attached hydrogen (secondary N) is 1. The number of hydrogen-bond donors (Lipinski definition) is 2. The monoisotopic (exact) mass is 277 g/mol. The molecule has 5 nitrogen and oxygen atoms in total. The standard InChI is InChI=1S/C13H15N3O2S/c14-16-13(17)12-5-4-11(19-12)9-18-8-6-10-3-1-2-7-15-10/h1-5,7H,6,8-9,14H2,(H,16,17). The summed E-state index contributed by atoms with van der Waals surface area (Å²) in [6, 6.07) is 9.43. The van der Waals surface area contributed by atoms with E-state index in [-0.39, 0.29) is 5.91 Å². The van der Waals surface area contributed by atoms with Crippen molar-refractivity contribution >= 4 is 17.2 Å². The lowest BCUT2D eigenvalue weighted by Gasteiger charge is -2.02. The summed E-state index contributed by atoms with van der Waals surface area (Å²) in [6.45, 7) is 1.10. The van der Waals surface area contributed by atoms with Crippen LogP contribution in [0, 0.1) is 0 Å². The van der Waals surface area contributed by atoms with Crippen molar-refractivity contribution in [3.63, 3.8) is 0 Å². The van der Waals surface area contributed by atoms with E-state index >= 15 is 0 Å². The molecule has 0 aliphatic heterocycles. The summed E-state index contributed by atoms with van der Waals surface area (Å²) >= 11 is 1.38. The second-order valence-corrected chi connectivity index (χ2v) is 5.03. The van der Waals surface area contributed by atoms with Gasteiger partial charge in [0.15, 0.2) is 0 Å². The van der Waals surface area contributed by atoms with Gasteiger partial charge in [0.25, 0.3) is 5.91 Å². The van der Waals surface area contributed by atoms with Crippen LogP contribution in [-0.4, -0.2) is 17.5 Å². The number of amides is 1. The number of nitrogens with zero attached hydrogens (tertiary/aromatic N) is 1. The maximum absolute atomic E-state index is 11.3. The van der Waals surface area contributed by atoms with Crippen LogP contribution in [0.25, 0.3) is 0 Å². The van der Waals surface area contributed by atoms with Crippen LogP contribution in [0.1, 0.15) is 20.2 Å². The van der Waals surface area contributed by atoms with Gasteiger partial charge in [-0.05, 0) is 24.3 Å². The van der Waals surface area contributed by atoms with Crippen molar-refractivity contribution in [3.05, 3.63) is 52.0 Å². The molecule has 2 rings (SSSR count). The van der Waals surface area contributed by atoms with E-state index in [1.165, 1.54) is 11.3 Å². The van der Waals surface area contributed by atoms with Gasteiger partial charge < -0.3 is 4.74 Å². The smallest absolute Gasteiger partial charge is 0.275 e. The highest BCUT2D eigenvalue weighted by atomic mass is 32.1. The lowest BCUT2D eigenvalue weighted by atomic mass is 10.3. The first-order chi connectivity index (χ1) is 9.29. The highest BCUT2D eigenvalue weighted by molar-refractivity contribution is 7.14. The highest BCUT2D eigenvalue weighted by Crippen LogP contribution is 2.17. The largest absolute Gasteiger partial charge is 0.376 e. The zero-order valence-electron chi connectivity index (χ0n) is 10.3. The Labute approximate surface area is 115 Å². The van der Waals surface area contributed by atoms with Crippen LogP contribution in [0.4, 0.5) is 0 Å². The van der Waals surface area contributed by atoms with Crippen molar-refractivity contribution in [2.45, 2.75) is 13.0 Å². The average molecular weight is 277 g/mol. The fourth-order valence-corrected chi connectivity index (χ4v) is 2.39. The summed E-state index contributed by atoms with van der Waals surface area (Å²) in [5.41, 5.74) is 3.12. The predicted octanol–water partition coefficient (Wildman–Crippen LogP) is 1.51. The molecule has 0 aliphatic rings. The Morgan fingerprint density at radius 3 is 3.00 bits per heavy atom. The summed E-state index contributed by atoms with van der Waals surface area (Å²) in [5, 5.41) is 0. The summed E-state index contributed by atoms with van der Waals surface area (Å²) in [4.78, 5) is 17.1. The van der Waals surface area contributed by atoms with Gasteiger partial charge in [-0.3, -0.25) is 15.2 Å². The van der Waals surface area contributed by atoms with Crippen molar-refractivity contribution in [1.82, 2.24) is 10.4 Å². The Bertz CT molecular complexity index is 528. The third-order valence-electron chi connectivity index (χ3n) is 2.49. The topological polar surface area (TPSA) is 77.2 Å². The van der Waals surface area contributed by atoms with Crippen molar-refractivity contribution in [3.8, 4) is 0 Å². The maximum atomic E-state index is 11.3. The van der Waals surface area contributed by atoms with Crippen molar-refractivity contribution < 1.29 is 9.53 Å². The van der Waals surface area contributed by atoms with Crippen LogP contribution >= 0.6 is 11.3 Å². The van der Waals surface area contributed by atoms with E-state index < -0.39 is 0 Å². The third kappa shape index (κ3) is 4.13. The zero-order valence-corrected chi connectivity index (χ0v) is 11.2. The van der Waals surface area contributed by atoms with E-state index in [4.69, 9.17) is 10.6 Å². The number of hydrogen-bond acceptors (Lipinski definition) is 5. The Kier molecular flexibility index (Phi) is 5.02. The first kappa shape index (κ1) is 13.7. The Balaban J connectivity index is 1.74. The molecule has 0 aromatic carbocycles. The van der Waals surface area contributed by atoms with E-state index in [0.717, 1.165) is 17.0 Å². The summed E-state index contributed by atoms with van der Waals surface area (Å²) in [7, 11) is 0. The van der Waals surface area contributed by atoms with Gasteiger partial charge in [0.2, 0.25) is 0 Å². The number of rotatable bonds is 6. The second-order valence-electron chi connectivity index (χ2n) is 3.86. The van der Waals surface area contributed by atoms with Crippen molar-refractivity contribution in [2.75, 3.05) is 6.61 Å². The summed E-state index contributed by atoms with van der Waals surface area (Å²) in [6.07, 6.45) is 2.55. The zero-order chi connectivity index (χ0) is 13.5. The third-order valence-corrected chi connectivity index (χ3v) is 3.55. The van der Waals surface area contributed by atoms with Crippen LogP contribution in [0.3, 0.4) is 0 Å². The number of carbonyl (C=O) groups excluding carboxylic acids is 1. The molecular weight excluding hydrogens is 262 g/mol. The molecule has 100 valence electrons. The molecule has 0 atom stereocenters. The SMILES string of the molecule is NNC(=O)c1ccc(COCCc2ccccn2)s1. The van der Waals surface area contributed by atoms with E-state index in [2.05, 4.69) is 10.4 Å². The van der Waals surface area contributed by atoms with E-state index in [9.17, 15) is 4.79 Å². The molecule has 0 radical (unpaired) electrons. The molecule has 0 spiro atoms. The first-order valence-electron chi connectivity index (χ1n) is 5.87. The molecule has 2 aromatic rings. The van der Waals surface area contributed by atoms with Gasteiger partial charge in [-0.1, -0.05) is 6.07 Å². The maximum Gasteiger partial charge on any atom is 0.275 e. The minimum atomic E-state index is -0.273. The van der Waals surface area contributed by atoms with Gasteiger partial charge in [0.05, 0.1) is 18.1 Å². The van der Waals surface area contributed by atoms with Crippen LogP contribution in [-0.2, 0) is 17.8 Å². The number of carbonyl (C=O) groups is 1. The van der Waals surface area contributed by atoms with Crippen LogP contribution in [0.2, 0.25) is 0 Å². The van der Waals surface area contributed by atoms with Gasteiger partial charge in [-0.2, -0.15) is 0 Å². The summed E-state index contributed by atoms with van der Waals surface area (Å²) < 4.78 is 5.56. The molecule has 1 amide bonds. The first-order valence-corrected chi connectivity index (χ1v) is 6.68. The molecule has 0 bridgehead atoms. The Morgan fingerprint density at radius 2 is 2.26 bits per heavy atom. The van der Waals surface area contributed by atoms with Crippen LogP contribution in [0.15, 0.2) is 36.5 Å². The predicted molar refractivity (Wildman–Crippen MR) is 73.6 cm³/mol. The van der Waals surface area contributed by atoms with Crippen molar-refractivity contribution in [1.29, 1.82) is 0 Å². The van der Waals surface area contributed by atoms with E-state index in [1.807, 2.05) is 24.3 Å². The minimum absolute atomic E-state index is 0.273. The van der Waals surface area contributed by atoms with Crippen molar-refractivity contribution in [2.24, 2.45) is 5.84 Å². The molecule has 2 aromatic heterocycles. The number of hydrazine groups is 1. The molecule has 19 heavy (non-hydrogen) atoms. The number of pyridine rings is 1. The number of ether oxygens (including phenoxy) is 1. The van der Waals surface area contributed by atoms with Gasteiger partial charge in [-0.15, -0.1) is 11.3 Å². The van der Waals surface area contributed by atoms with Gasteiger partial charge in [0.1, 0.15) is 0 Å². The van der Waals surface area contributed by atoms with Gasteiger partial charge in [0, 0.05) is 23.2 Å². The minimum Gasteiger partial charge on any atom is -0.376 e. The molecule has 0 fully saturated rings. The number of aromatic nitrogens is 1. The highest BCUT2D eigenvalue weighted by Gasteiger charge is 2.07. The molecule has 0 aliphatic carbocycles. The quantitative estimate of drug-likeness (QED) is 0.363. The normalized spacial score (nSPS) is 10.4. The van der Waals surface area contributed by atoms with Gasteiger partial charge >= 0.3 is 0 Å². The molecule has 2 heterocycles. The molecule has 3 N–H and O–H groups in total. The lowest BCUT2D eigenvalue weighted by molar-refractivity contribution is 0.0957. The fourth-order valence-electron chi connectivity index (χ4n) is 1.54. The lowest BCUT2D eigenvalue weighted by Crippen LogP contribution is -2.29.